The van der Waals surface area contributed by atoms with Crippen LogP contribution >= 0.6 is 24.8 Å². The lowest BCUT2D eigenvalue weighted by atomic mass is 10.3. The van der Waals surface area contributed by atoms with Gasteiger partial charge in [-0.15, -0.1) is 24.8 Å². The van der Waals surface area contributed by atoms with E-state index < -0.39 is 0 Å². The molecule has 0 amide bonds. The van der Waals surface area contributed by atoms with Crippen molar-refractivity contribution in [2.24, 2.45) is 15.7 Å². The standard InChI is InChI=1S/C8H17N5.2ClH/c1-2-3-4-12-13-6-10-8(5-9)11-7-13;;/h6,12H,2-5,7,9H2,1H3;2*1H. The van der Waals surface area contributed by atoms with Gasteiger partial charge < -0.3 is 5.73 Å². The minimum atomic E-state index is 0. The van der Waals surface area contributed by atoms with E-state index in [2.05, 4.69) is 22.3 Å². The Morgan fingerprint density at radius 3 is 2.73 bits per heavy atom. The number of rotatable bonds is 5. The van der Waals surface area contributed by atoms with E-state index in [1.165, 1.54) is 6.42 Å². The first-order valence-electron chi connectivity index (χ1n) is 4.64. The number of amidine groups is 1. The van der Waals surface area contributed by atoms with Crippen LogP contribution in [0.4, 0.5) is 0 Å². The maximum atomic E-state index is 5.39. The van der Waals surface area contributed by atoms with Crippen molar-refractivity contribution in [2.75, 3.05) is 19.8 Å². The van der Waals surface area contributed by atoms with Crippen molar-refractivity contribution in [3.8, 4) is 0 Å². The van der Waals surface area contributed by atoms with Gasteiger partial charge in [0.05, 0.1) is 6.54 Å². The molecule has 0 atom stereocenters. The molecular weight excluding hydrogens is 237 g/mol. The van der Waals surface area contributed by atoms with Crippen molar-refractivity contribution < 1.29 is 0 Å². The van der Waals surface area contributed by atoms with Gasteiger partial charge in [0.2, 0.25) is 0 Å². The van der Waals surface area contributed by atoms with E-state index >= 15 is 0 Å². The van der Waals surface area contributed by atoms with E-state index in [0.29, 0.717) is 19.0 Å². The first-order chi connectivity index (χ1) is 6.36. The molecule has 0 bridgehead atoms. The summed E-state index contributed by atoms with van der Waals surface area (Å²) in [5.41, 5.74) is 8.59. The molecule has 0 fully saturated rings. The highest BCUT2D eigenvalue weighted by atomic mass is 35.5. The predicted molar refractivity (Wildman–Crippen MR) is 69.1 cm³/mol. The quantitative estimate of drug-likeness (QED) is 0.715. The molecule has 3 N–H and O–H groups in total. The maximum absolute atomic E-state index is 5.39. The minimum Gasteiger partial charge on any atom is -0.324 e. The summed E-state index contributed by atoms with van der Waals surface area (Å²) < 4.78 is 0. The number of nitrogens with one attached hydrogen (secondary N) is 1. The van der Waals surface area contributed by atoms with Crippen LogP contribution < -0.4 is 11.2 Å². The summed E-state index contributed by atoms with van der Waals surface area (Å²) in [7, 11) is 0. The molecule has 1 aliphatic heterocycles. The monoisotopic (exact) mass is 255 g/mol. The average molecular weight is 256 g/mol. The SMILES string of the molecule is CCCCNN1C=NC(CN)=NC1.Cl.Cl. The van der Waals surface area contributed by atoms with Crippen LogP contribution in [0.5, 0.6) is 0 Å². The summed E-state index contributed by atoms with van der Waals surface area (Å²) >= 11 is 0. The maximum Gasteiger partial charge on any atom is 0.140 e. The zero-order valence-corrected chi connectivity index (χ0v) is 10.5. The number of hydrogen-bond donors (Lipinski definition) is 2. The van der Waals surface area contributed by atoms with Gasteiger partial charge in [0.25, 0.3) is 0 Å². The second kappa shape index (κ2) is 10.2. The van der Waals surface area contributed by atoms with E-state index in [1.54, 1.807) is 6.34 Å². The first kappa shape index (κ1) is 17.0. The zero-order valence-electron chi connectivity index (χ0n) is 8.85. The largest absolute Gasteiger partial charge is 0.324 e. The van der Waals surface area contributed by atoms with Gasteiger partial charge in [0.1, 0.15) is 18.8 Å². The Balaban J connectivity index is 0. The molecule has 0 unspecified atom stereocenters. The Hall–Kier alpha value is -0.360. The number of nitrogens with zero attached hydrogens (tertiary/aromatic N) is 3. The third-order valence-corrected chi connectivity index (χ3v) is 1.78. The van der Waals surface area contributed by atoms with Gasteiger partial charge in [0, 0.05) is 6.54 Å². The fourth-order valence-electron chi connectivity index (χ4n) is 0.979. The molecule has 5 nitrogen and oxygen atoms in total. The van der Waals surface area contributed by atoms with Crippen LogP contribution in [0.2, 0.25) is 0 Å². The topological polar surface area (TPSA) is 66.0 Å². The molecule has 0 aromatic carbocycles. The second-order valence-corrected chi connectivity index (χ2v) is 2.90. The van der Waals surface area contributed by atoms with Gasteiger partial charge in [-0.25, -0.2) is 15.4 Å². The van der Waals surface area contributed by atoms with Gasteiger partial charge >= 0.3 is 0 Å². The molecule has 0 aliphatic carbocycles. The first-order valence-corrected chi connectivity index (χ1v) is 4.64. The van der Waals surface area contributed by atoms with E-state index in [4.69, 9.17) is 5.73 Å². The van der Waals surface area contributed by atoms with Gasteiger partial charge in [0.15, 0.2) is 0 Å². The number of halogens is 2. The molecule has 0 saturated heterocycles. The summed E-state index contributed by atoms with van der Waals surface area (Å²) in [6, 6.07) is 0. The molecule has 7 heteroatoms. The molecule has 0 aromatic heterocycles. The average Bonchev–Trinajstić information content (AvgIpc) is 2.19. The van der Waals surface area contributed by atoms with Crippen molar-refractivity contribution in [1.29, 1.82) is 0 Å². The number of nitrogens with two attached hydrogens (primary N) is 1. The Kier molecular flexibility index (Phi) is 11.6. The van der Waals surface area contributed by atoms with Crippen LogP contribution in [0.1, 0.15) is 19.8 Å². The Bertz CT molecular complexity index is 207. The van der Waals surface area contributed by atoms with Crippen molar-refractivity contribution in [2.45, 2.75) is 19.8 Å². The number of hydrogen-bond acceptors (Lipinski definition) is 5. The van der Waals surface area contributed by atoms with Crippen LogP contribution in [-0.2, 0) is 0 Å². The number of aliphatic imine (C=N–C) groups is 2. The summed E-state index contributed by atoms with van der Waals surface area (Å²) in [4.78, 5) is 8.24. The summed E-state index contributed by atoms with van der Waals surface area (Å²) in [5.74, 6) is 0.716. The van der Waals surface area contributed by atoms with E-state index in [9.17, 15) is 0 Å². The molecule has 15 heavy (non-hydrogen) atoms. The smallest absolute Gasteiger partial charge is 0.140 e. The van der Waals surface area contributed by atoms with Crippen LogP contribution in [-0.4, -0.2) is 36.9 Å². The lowest BCUT2D eigenvalue weighted by molar-refractivity contribution is 0.319. The number of unbranched alkanes of at least 4 members (excludes halogenated alkanes) is 1. The van der Waals surface area contributed by atoms with Gasteiger partial charge in [-0.1, -0.05) is 13.3 Å². The fourth-order valence-corrected chi connectivity index (χ4v) is 0.979. The van der Waals surface area contributed by atoms with Crippen LogP contribution in [0.3, 0.4) is 0 Å². The summed E-state index contributed by atoms with van der Waals surface area (Å²) in [6.45, 7) is 4.16. The third kappa shape index (κ3) is 6.67. The van der Waals surface area contributed by atoms with Crippen LogP contribution in [0, 0.1) is 0 Å². The van der Waals surface area contributed by atoms with Crippen LogP contribution in [0.15, 0.2) is 9.98 Å². The Labute approximate surface area is 103 Å². The normalized spacial score (nSPS) is 14.0. The van der Waals surface area contributed by atoms with Crippen molar-refractivity contribution in [3.63, 3.8) is 0 Å². The predicted octanol–water partition coefficient (Wildman–Crippen LogP) is 0.793. The molecule has 0 spiro atoms. The Morgan fingerprint density at radius 2 is 2.27 bits per heavy atom. The van der Waals surface area contributed by atoms with Crippen molar-refractivity contribution in [3.05, 3.63) is 0 Å². The zero-order chi connectivity index (χ0) is 9.52. The molecule has 1 aliphatic rings. The second-order valence-electron chi connectivity index (χ2n) is 2.90. The third-order valence-electron chi connectivity index (χ3n) is 1.78. The van der Waals surface area contributed by atoms with Crippen molar-refractivity contribution >= 4 is 37.0 Å². The summed E-state index contributed by atoms with van der Waals surface area (Å²) in [5, 5.41) is 1.87. The van der Waals surface area contributed by atoms with Gasteiger partial charge in [-0.05, 0) is 6.42 Å². The highest BCUT2D eigenvalue weighted by Crippen LogP contribution is 1.91. The van der Waals surface area contributed by atoms with E-state index in [1.807, 2.05) is 5.01 Å². The fraction of sp³-hybridized carbons (Fsp3) is 0.750. The molecule has 0 radical (unpaired) electrons. The molecule has 0 aromatic rings. The van der Waals surface area contributed by atoms with Crippen molar-refractivity contribution in [1.82, 2.24) is 10.4 Å². The molecule has 0 saturated carbocycles. The number of hydrazine groups is 1. The highest BCUT2D eigenvalue weighted by Gasteiger charge is 2.03. The molecular formula is C8H19Cl2N5. The van der Waals surface area contributed by atoms with E-state index in [0.717, 1.165) is 13.0 Å². The lowest BCUT2D eigenvalue weighted by Gasteiger charge is -2.21. The molecule has 1 heterocycles. The van der Waals surface area contributed by atoms with E-state index in [-0.39, 0.29) is 24.8 Å². The highest BCUT2D eigenvalue weighted by molar-refractivity contribution is 5.91. The minimum absolute atomic E-state index is 0. The van der Waals surface area contributed by atoms with Crippen LogP contribution in [0.25, 0.3) is 0 Å². The molecule has 90 valence electrons. The lowest BCUT2D eigenvalue weighted by Crippen LogP contribution is -2.40. The van der Waals surface area contributed by atoms with Gasteiger partial charge in [-0.2, -0.15) is 0 Å². The Morgan fingerprint density at radius 1 is 1.53 bits per heavy atom. The van der Waals surface area contributed by atoms with Gasteiger partial charge in [-0.3, -0.25) is 5.01 Å². The summed E-state index contributed by atoms with van der Waals surface area (Å²) in [6.07, 6.45) is 4.10. The molecule has 1 rings (SSSR count).